The molecule has 6 heteroatoms. The van der Waals surface area contributed by atoms with E-state index in [1.54, 1.807) is 0 Å². The van der Waals surface area contributed by atoms with Crippen molar-refractivity contribution in [3.8, 4) is 0 Å². The van der Waals surface area contributed by atoms with Gasteiger partial charge in [0.25, 0.3) is 0 Å². The first kappa shape index (κ1) is 19.2. The lowest BCUT2D eigenvalue weighted by Gasteiger charge is -2.35. The van der Waals surface area contributed by atoms with Crippen LogP contribution in [0.2, 0.25) is 0 Å². The third kappa shape index (κ3) is 6.77. The number of nitrogens with zero attached hydrogens (tertiary/aromatic N) is 3. The molecular weight excluding hydrogens is 304 g/mol. The van der Waals surface area contributed by atoms with Gasteiger partial charge in [0, 0.05) is 45.8 Å². The molecule has 2 saturated heterocycles. The Labute approximate surface area is 146 Å². The molecule has 2 rings (SSSR count). The molecule has 0 atom stereocenters. The second-order valence-corrected chi connectivity index (χ2v) is 7.55. The molecule has 6 nitrogen and oxygen atoms in total. The van der Waals surface area contributed by atoms with Gasteiger partial charge in [-0.05, 0) is 18.8 Å². The molecule has 0 radical (unpaired) electrons. The summed E-state index contributed by atoms with van der Waals surface area (Å²) in [5.41, 5.74) is 0. The molecule has 0 unspecified atom stereocenters. The monoisotopic (exact) mass is 338 g/mol. The molecule has 2 amide bonds. The third-order valence-corrected chi connectivity index (χ3v) is 4.86. The highest BCUT2D eigenvalue weighted by Gasteiger charge is 2.23. The predicted molar refractivity (Wildman–Crippen MR) is 95.8 cm³/mol. The van der Waals surface area contributed by atoms with Gasteiger partial charge in [0.05, 0.1) is 13.1 Å². The number of piperazine rings is 1. The number of amides is 2. The summed E-state index contributed by atoms with van der Waals surface area (Å²) in [6, 6.07) is 0. The lowest BCUT2D eigenvalue weighted by molar-refractivity contribution is -0.133. The summed E-state index contributed by atoms with van der Waals surface area (Å²) in [6.07, 6.45) is 4.79. The Bertz CT molecular complexity index is 398. The fourth-order valence-electron chi connectivity index (χ4n) is 3.29. The first-order valence-corrected chi connectivity index (χ1v) is 9.54. The number of rotatable bonds is 6. The van der Waals surface area contributed by atoms with Gasteiger partial charge in [-0.1, -0.05) is 26.7 Å². The number of hydrogen-bond donors (Lipinski definition) is 1. The molecule has 2 aliphatic heterocycles. The molecule has 0 bridgehead atoms. The normalized spacial score (nSPS) is 20.9. The molecule has 2 heterocycles. The van der Waals surface area contributed by atoms with Gasteiger partial charge in [0.15, 0.2) is 0 Å². The van der Waals surface area contributed by atoms with Gasteiger partial charge >= 0.3 is 0 Å². The van der Waals surface area contributed by atoms with E-state index in [4.69, 9.17) is 0 Å². The zero-order valence-electron chi connectivity index (χ0n) is 15.4. The average Bonchev–Trinajstić information content (AvgIpc) is 2.84. The van der Waals surface area contributed by atoms with E-state index < -0.39 is 0 Å². The Hall–Kier alpha value is -1.14. The average molecular weight is 338 g/mol. The minimum Gasteiger partial charge on any atom is -0.355 e. The largest absolute Gasteiger partial charge is 0.355 e. The number of carbonyl (C=O) groups is 2. The molecule has 0 aromatic heterocycles. The Morgan fingerprint density at radius 2 is 1.38 bits per heavy atom. The van der Waals surface area contributed by atoms with E-state index in [9.17, 15) is 9.59 Å². The van der Waals surface area contributed by atoms with Crippen molar-refractivity contribution in [2.45, 2.75) is 39.5 Å². The molecule has 0 aromatic carbocycles. The van der Waals surface area contributed by atoms with E-state index in [-0.39, 0.29) is 11.8 Å². The number of nitrogens with one attached hydrogen (secondary N) is 1. The molecule has 0 aromatic rings. The standard InChI is InChI=1S/C18H34N4O2/c1-16(2)13-19-17(23)14-20-9-11-21(12-10-20)15-18(24)22-7-5-3-4-6-8-22/h16H,3-15H2,1-2H3,(H,19,23). The van der Waals surface area contributed by atoms with Crippen LogP contribution in [0.3, 0.4) is 0 Å². The fraction of sp³-hybridized carbons (Fsp3) is 0.889. The van der Waals surface area contributed by atoms with Crippen molar-refractivity contribution in [1.82, 2.24) is 20.0 Å². The lowest BCUT2D eigenvalue weighted by atomic mass is 10.2. The topological polar surface area (TPSA) is 55.9 Å². The van der Waals surface area contributed by atoms with Crippen LogP contribution in [0.1, 0.15) is 39.5 Å². The molecular formula is C18H34N4O2. The summed E-state index contributed by atoms with van der Waals surface area (Å²) in [6.45, 7) is 11.3. The van der Waals surface area contributed by atoms with Crippen molar-refractivity contribution < 1.29 is 9.59 Å². The van der Waals surface area contributed by atoms with Crippen LogP contribution in [0.5, 0.6) is 0 Å². The molecule has 1 N–H and O–H groups in total. The van der Waals surface area contributed by atoms with Gasteiger partial charge < -0.3 is 10.2 Å². The predicted octanol–water partition coefficient (Wildman–Crippen LogP) is 0.779. The third-order valence-electron chi connectivity index (χ3n) is 4.86. The maximum Gasteiger partial charge on any atom is 0.236 e. The highest BCUT2D eigenvalue weighted by atomic mass is 16.2. The van der Waals surface area contributed by atoms with Crippen molar-refractivity contribution in [1.29, 1.82) is 0 Å². The fourth-order valence-corrected chi connectivity index (χ4v) is 3.29. The second-order valence-electron chi connectivity index (χ2n) is 7.55. The Kier molecular flexibility index (Phi) is 7.99. The minimum absolute atomic E-state index is 0.109. The first-order chi connectivity index (χ1) is 11.5. The quantitative estimate of drug-likeness (QED) is 0.778. The van der Waals surface area contributed by atoms with Gasteiger partial charge in [-0.25, -0.2) is 0 Å². The van der Waals surface area contributed by atoms with Crippen molar-refractivity contribution in [2.24, 2.45) is 5.92 Å². The maximum absolute atomic E-state index is 12.4. The Morgan fingerprint density at radius 3 is 1.92 bits per heavy atom. The maximum atomic E-state index is 12.4. The zero-order valence-corrected chi connectivity index (χ0v) is 15.4. The van der Waals surface area contributed by atoms with Gasteiger partial charge in [-0.2, -0.15) is 0 Å². The summed E-state index contributed by atoms with van der Waals surface area (Å²) in [7, 11) is 0. The lowest BCUT2D eigenvalue weighted by Crippen LogP contribution is -2.52. The molecule has 2 fully saturated rings. The van der Waals surface area contributed by atoms with Gasteiger partial charge in [0.1, 0.15) is 0 Å². The SMILES string of the molecule is CC(C)CNC(=O)CN1CCN(CC(=O)N2CCCCCC2)CC1. The molecule has 2 aliphatic rings. The van der Waals surface area contributed by atoms with E-state index in [0.717, 1.165) is 58.7 Å². The highest BCUT2D eigenvalue weighted by molar-refractivity contribution is 5.78. The number of hydrogen-bond acceptors (Lipinski definition) is 4. The smallest absolute Gasteiger partial charge is 0.236 e. The van der Waals surface area contributed by atoms with Crippen molar-refractivity contribution in [3.63, 3.8) is 0 Å². The van der Waals surface area contributed by atoms with E-state index in [1.807, 2.05) is 4.90 Å². The summed E-state index contributed by atoms with van der Waals surface area (Å²) in [4.78, 5) is 30.8. The second kappa shape index (κ2) is 9.99. The van der Waals surface area contributed by atoms with Crippen LogP contribution in [-0.4, -0.2) is 85.4 Å². The van der Waals surface area contributed by atoms with Crippen molar-refractivity contribution in [3.05, 3.63) is 0 Å². The first-order valence-electron chi connectivity index (χ1n) is 9.54. The van der Waals surface area contributed by atoms with Crippen LogP contribution >= 0.6 is 0 Å². The van der Waals surface area contributed by atoms with Crippen LogP contribution in [0, 0.1) is 5.92 Å². The minimum atomic E-state index is 0.109. The van der Waals surface area contributed by atoms with E-state index >= 15 is 0 Å². The van der Waals surface area contributed by atoms with Crippen LogP contribution < -0.4 is 5.32 Å². The van der Waals surface area contributed by atoms with Crippen LogP contribution in [0.15, 0.2) is 0 Å². The van der Waals surface area contributed by atoms with Crippen molar-refractivity contribution in [2.75, 3.05) is 58.9 Å². The zero-order chi connectivity index (χ0) is 17.4. The van der Waals surface area contributed by atoms with Crippen LogP contribution in [-0.2, 0) is 9.59 Å². The van der Waals surface area contributed by atoms with E-state index in [0.29, 0.717) is 19.0 Å². The van der Waals surface area contributed by atoms with Crippen LogP contribution in [0.25, 0.3) is 0 Å². The Morgan fingerprint density at radius 1 is 0.833 bits per heavy atom. The Balaban J connectivity index is 1.65. The van der Waals surface area contributed by atoms with Gasteiger partial charge in [0.2, 0.25) is 11.8 Å². The number of carbonyl (C=O) groups excluding carboxylic acids is 2. The summed E-state index contributed by atoms with van der Waals surface area (Å²) < 4.78 is 0. The molecule has 0 spiro atoms. The summed E-state index contributed by atoms with van der Waals surface area (Å²) >= 11 is 0. The molecule has 24 heavy (non-hydrogen) atoms. The van der Waals surface area contributed by atoms with E-state index in [2.05, 4.69) is 29.0 Å². The molecule has 138 valence electrons. The number of likely N-dealkylation sites (tertiary alicyclic amines) is 1. The van der Waals surface area contributed by atoms with Gasteiger partial charge in [-0.15, -0.1) is 0 Å². The summed E-state index contributed by atoms with van der Waals surface area (Å²) in [5, 5.41) is 2.97. The summed E-state index contributed by atoms with van der Waals surface area (Å²) in [5.74, 6) is 0.869. The van der Waals surface area contributed by atoms with Crippen LogP contribution in [0.4, 0.5) is 0 Å². The molecule has 0 saturated carbocycles. The molecule has 0 aliphatic carbocycles. The van der Waals surface area contributed by atoms with Crippen molar-refractivity contribution >= 4 is 11.8 Å². The van der Waals surface area contributed by atoms with Gasteiger partial charge in [-0.3, -0.25) is 19.4 Å². The van der Waals surface area contributed by atoms with E-state index in [1.165, 1.54) is 12.8 Å². The highest BCUT2D eigenvalue weighted by Crippen LogP contribution is 2.10.